The van der Waals surface area contributed by atoms with Crippen molar-refractivity contribution < 1.29 is 24.6 Å². The third-order valence-electron chi connectivity index (χ3n) is 5.74. The number of nitrogen functional groups attached to an aromatic ring is 2. The number of aromatic nitrogens is 2. The normalized spacial score (nSPS) is 14.3. The first-order valence-electron chi connectivity index (χ1n) is 11.2. The van der Waals surface area contributed by atoms with Crippen molar-refractivity contribution in [1.82, 2.24) is 15.3 Å². The van der Waals surface area contributed by atoms with E-state index in [1.165, 1.54) is 0 Å². The van der Waals surface area contributed by atoms with Crippen molar-refractivity contribution in [2.45, 2.75) is 25.3 Å². The van der Waals surface area contributed by atoms with Crippen LogP contribution in [0.2, 0.25) is 0 Å². The first-order chi connectivity index (χ1) is 16.7. The highest BCUT2D eigenvalue weighted by molar-refractivity contribution is 5.96. The average Bonchev–Trinajstić information content (AvgIpc) is 2.82. The maximum absolute atomic E-state index is 12.5. The Morgan fingerprint density at radius 3 is 2.23 bits per heavy atom. The summed E-state index contributed by atoms with van der Waals surface area (Å²) in [7, 11) is 1.74. The Hall–Kier alpha value is -4.29. The minimum atomic E-state index is -1.20. The van der Waals surface area contributed by atoms with E-state index in [9.17, 15) is 19.5 Å². The Labute approximate surface area is 202 Å². The van der Waals surface area contributed by atoms with Crippen LogP contribution in [0.3, 0.4) is 0 Å². The molecule has 1 fully saturated rings. The molecule has 1 atom stereocenters. The highest BCUT2D eigenvalue weighted by Gasteiger charge is 2.24. The third kappa shape index (κ3) is 6.40. The Morgan fingerprint density at radius 2 is 1.66 bits per heavy atom. The Kier molecular flexibility index (Phi) is 8.12. The molecule has 3 rings (SSSR count). The molecular formula is C22H30N8O5. The zero-order chi connectivity index (χ0) is 25.5. The van der Waals surface area contributed by atoms with Crippen LogP contribution in [0.5, 0.6) is 0 Å². The van der Waals surface area contributed by atoms with E-state index in [0.29, 0.717) is 49.1 Å². The van der Waals surface area contributed by atoms with Crippen molar-refractivity contribution in [3.63, 3.8) is 0 Å². The molecule has 0 unspecified atom stereocenters. The molecule has 13 nitrogen and oxygen atoms in total. The minimum Gasteiger partial charge on any atom is -0.481 e. The van der Waals surface area contributed by atoms with Gasteiger partial charge in [0.25, 0.3) is 5.91 Å². The van der Waals surface area contributed by atoms with Crippen molar-refractivity contribution >= 4 is 46.8 Å². The zero-order valence-electron chi connectivity index (χ0n) is 19.4. The number of rotatable bonds is 10. The van der Waals surface area contributed by atoms with E-state index in [-0.39, 0.29) is 25.2 Å². The van der Waals surface area contributed by atoms with Gasteiger partial charge in [-0.05, 0) is 37.1 Å². The number of hydrogen-bond donors (Lipinski definition) is 6. The minimum absolute atomic E-state index is 0.0363. The first-order valence-corrected chi connectivity index (χ1v) is 11.2. The van der Waals surface area contributed by atoms with Gasteiger partial charge in [-0.1, -0.05) is 0 Å². The third-order valence-corrected chi connectivity index (χ3v) is 5.74. The number of piperazine rings is 1. The van der Waals surface area contributed by atoms with E-state index in [1.54, 1.807) is 19.2 Å². The van der Waals surface area contributed by atoms with Crippen LogP contribution in [-0.2, 0) is 9.59 Å². The molecule has 8 N–H and O–H groups in total. The topological polar surface area (TPSA) is 200 Å². The summed E-state index contributed by atoms with van der Waals surface area (Å²) >= 11 is 0. The summed E-state index contributed by atoms with van der Waals surface area (Å²) in [5.74, 6) is -1.75. The van der Waals surface area contributed by atoms with Gasteiger partial charge >= 0.3 is 11.9 Å². The van der Waals surface area contributed by atoms with Crippen LogP contribution in [0.4, 0.5) is 29.0 Å². The number of anilines is 5. The van der Waals surface area contributed by atoms with Crippen LogP contribution in [-0.4, -0.2) is 77.3 Å². The number of aliphatic carboxylic acids is 2. The molecule has 1 aromatic carbocycles. The molecule has 1 amide bonds. The van der Waals surface area contributed by atoms with Gasteiger partial charge in [0.2, 0.25) is 5.95 Å². The lowest BCUT2D eigenvalue weighted by molar-refractivity contribution is -0.140. The van der Waals surface area contributed by atoms with E-state index in [1.807, 2.05) is 12.1 Å². The van der Waals surface area contributed by atoms with E-state index >= 15 is 0 Å². The summed E-state index contributed by atoms with van der Waals surface area (Å²) in [5, 5.41) is 23.5. The molecule has 1 saturated heterocycles. The summed E-state index contributed by atoms with van der Waals surface area (Å²) in [6.45, 7) is 2.74. The number of amides is 1. The number of carbonyl (C=O) groups excluding carboxylic acids is 1. The molecule has 188 valence electrons. The predicted octanol–water partition coefficient (Wildman–Crippen LogP) is 0.447. The van der Waals surface area contributed by atoms with Crippen molar-refractivity contribution in [2.75, 3.05) is 59.8 Å². The van der Waals surface area contributed by atoms with Crippen molar-refractivity contribution in [1.29, 1.82) is 0 Å². The summed E-state index contributed by atoms with van der Waals surface area (Å²) in [4.78, 5) is 47.1. The molecule has 0 spiro atoms. The Bertz CT molecular complexity index is 1070. The molecule has 0 aliphatic carbocycles. The maximum Gasteiger partial charge on any atom is 0.326 e. The van der Waals surface area contributed by atoms with E-state index in [0.717, 1.165) is 5.69 Å². The fraction of sp³-hybridized carbons (Fsp3) is 0.409. The number of carbonyl (C=O) groups is 3. The molecule has 2 heterocycles. The summed E-state index contributed by atoms with van der Waals surface area (Å²) in [5.41, 5.74) is 13.7. The van der Waals surface area contributed by atoms with Crippen LogP contribution in [0.25, 0.3) is 0 Å². The second kappa shape index (κ2) is 11.2. The molecular weight excluding hydrogens is 456 g/mol. The second-order valence-corrected chi connectivity index (χ2v) is 8.09. The number of nitrogens with one attached hydrogen (secondary N) is 2. The Balaban J connectivity index is 1.59. The molecule has 0 saturated carbocycles. The van der Waals surface area contributed by atoms with Crippen LogP contribution in [0.15, 0.2) is 24.3 Å². The molecule has 0 radical (unpaired) electrons. The van der Waals surface area contributed by atoms with Gasteiger partial charge in [-0.2, -0.15) is 9.97 Å². The lowest BCUT2D eigenvalue weighted by Gasteiger charge is -2.38. The van der Waals surface area contributed by atoms with Crippen LogP contribution in [0, 0.1) is 0 Å². The SMILES string of the molecule is CNc1nc(N)nc(N)c1N1CCN(c2ccc(C(=O)N[C@@H](CCCC(=O)O)C(=O)O)cc2)CC1. The number of nitrogens with zero attached hydrogens (tertiary/aromatic N) is 4. The van der Waals surface area contributed by atoms with Crippen molar-refractivity contribution in [2.24, 2.45) is 0 Å². The standard InChI is InChI=1S/C22H30N8O5/c1-25-19-17(18(23)27-22(24)28-19)30-11-9-29(10-12-30)14-7-5-13(6-8-14)20(33)26-15(21(34)35)3-2-4-16(31)32/h5-8,15H,2-4,9-12H2,1H3,(H,26,33)(H,31,32)(H,34,35)(H5,23,24,25,27,28)/t15-/m0/s1. The quantitative estimate of drug-likeness (QED) is 0.271. The van der Waals surface area contributed by atoms with E-state index in [4.69, 9.17) is 16.6 Å². The average molecular weight is 487 g/mol. The number of nitrogens with two attached hydrogens (primary N) is 2. The highest BCUT2D eigenvalue weighted by Crippen LogP contribution is 2.31. The van der Waals surface area contributed by atoms with Gasteiger partial charge in [-0.3, -0.25) is 9.59 Å². The number of carboxylic acids is 2. The van der Waals surface area contributed by atoms with Gasteiger partial charge in [0.05, 0.1) is 0 Å². The van der Waals surface area contributed by atoms with Gasteiger partial charge in [0.15, 0.2) is 11.6 Å². The fourth-order valence-corrected chi connectivity index (χ4v) is 3.94. The molecule has 1 aliphatic heterocycles. The number of carboxylic acid groups (broad SMARTS) is 2. The first kappa shape index (κ1) is 25.3. The number of benzene rings is 1. The summed E-state index contributed by atoms with van der Waals surface area (Å²) in [6.07, 6.45) is 0.0336. The monoisotopic (exact) mass is 486 g/mol. The Morgan fingerprint density at radius 1 is 1.03 bits per heavy atom. The summed E-state index contributed by atoms with van der Waals surface area (Å²) in [6, 6.07) is 5.74. The molecule has 35 heavy (non-hydrogen) atoms. The molecule has 13 heteroatoms. The largest absolute Gasteiger partial charge is 0.481 e. The maximum atomic E-state index is 12.5. The number of hydrogen-bond acceptors (Lipinski definition) is 10. The smallest absolute Gasteiger partial charge is 0.326 e. The van der Waals surface area contributed by atoms with Crippen LogP contribution >= 0.6 is 0 Å². The molecule has 2 aromatic rings. The van der Waals surface area contributed by atoms with E-state index < -0.39 is 23.9 Å². The zero-order valence-corrected chi connectivity index (χ0v) is 19.4. The molecule has 0 bridgehead atoms. The van der Waals surface area contributed by atoms with Gasteiger partial charge in [-0.25, -0.2) is 4.79 Å². The molecule has 1 aliphatic rings. The predicted molar refractivity (Wildman–Crippen MR) is 132 cm³/mol. The highest BCUT2D eigenvalue weighted by atomic mass is 16.4. The fourth-order valence-electron chi connectivity index (χ4n) is 3.94. The van der Waals surface area contributed by atoms with E-state index in [2.05, 4.69) is 30.4 Å². The van der Waals surface area contributed by atoms with Crippen LogP contribution < -0.4 is 31.9 Å². The second-order valence-electron chi connectivity index (χ2n) is 8.09. The van der Waals surface area contributed by atoms with Crippen molar-refractivity contribution in [3.05, 3.63) is 29.8 Å². The lowest BCUT2D eigenvalue weighted by Crippen LogP contribution is -2.47. The van der Waals surface area contributed by atoms with Gasteiger partial charge in [0.1, 0.15) is 11.7 Å². The van der Waals surface area contributed by atoms with Gasteiger partial charge in [0, 0.05) is 50.9 Å². The van der Waals surface area contributed by atoms with Crippen LogP contribution in [0.1, 0.15) is 29.6 Å². The van der Waals surface area contributed by atoms with Gasteiger partial charge < -0.3 is 42.1 Å². The molecule has 1 aromatic heterocycles. The lowest BCUT2D eigenvalue weighted by atomic mass is 10.1. The van der Waals surface area contributed by atoms with Crippen molar-refractivity contribution in [3.8, 4) is 0 Å². The summed E-state index contributed by atoms with van der Waals surface area (Å²) < 4.78 is 0. The van der Waals surface area contributed by atoms with Gasteiger partial charge in [-0.15, -0.1) is 0 Å².